The molecule has 0 heterocycles. The van der Waals surface area contributed by atoms with E-state index in [0.717, 1.165) is 11.1 Å². The average molecular weight is 326 g/mol. The summed E-state index contributed by atoms with van der Waals surface area (Å²) in [6, 6.07) is 12.9. The second-order valence-electron chi connectivity index (χ2n) is 5.72. The van der Waals surface area contributed by atoms with Gasteiger partial charge in [0.15, 0.2) is 6.10 Å². The first-order chi connectivity index (χ1) is 11.4. The normalized spacial score (nSPS) is 11.5. The number of anilines is 2. The zero-order chi connectivity index (χ0) is 17.7. The quantitative estimate of drug-likeness (QED) is 0.881. The van der Waals surface area contributed by atoms with Crippen molar-refractivity contribution in [2.75, 3.05) is 10.6 Å². The van der Waals surface area contributed by atoms with E-state index in [4.69, 9.17) is 4.74 Å². The van der Waals surface area contributed by atoms with Crippen molar-refractivity contribution >= 4 is 23.2 Å². The second-order valence-corrected chi connectivity index (χ2v) is 5.72. The number of carbonyl (C=O) groups excluding carboxylic acids is 2. The molecular formula is C19H22N2O3. The Kier molecular flexibility index (Phi) is 5.58. The maximum Gasteiger partial charge on any atom is 0.265 e. The Labute approximate surface area is 142 Å². The van der Waals surface area contributed by atoms with E-state index in [1.807, 2.05) is 38.1 Å². The maximum absolute atomic E-state index is 12.3. The number of benzene rings is 2. The smallest absolute Gasteiger partial charge is 0.265 e. The van der Waals surface area contributed by atoms with Gasteiger partial charge in [0.1, 0.15) is 5.75 Å². The molecule has 0 aromatic heterocycles. The molecule has 2 aromatic carbocycles. The van der Waals surface area contributed by atoms with Gasteiger partial charge < -0.3 is 15.4 Å². The Morgan fingerprint density at radius 1 is 0.958 bits per heavy atom. The van der Waals surface area contributed by atoms with Crippen molar-refractivity contribution in [1.29, 1.82) is 0 Å². The zero-order valence-electron chi connectivity index (χ0n) is 14.3. The number of rotatable bonds is 5. The first kappa shape index (κ1) is 17.5. The molecule has 2 amide bonds. The molecule has 0 bridgehead atoms. The molecule has 0 aliphatic rings. The van der Waals surface area contributed by atoms with Crippen LogP contribution in [0.3, 0.4) is 0 Å². The molecule has 2 rings (SSSR count). The Morgan fingerprint density at radius 3 is 2.12 bits per heavy atom. The highest BCUT2D eigenvalue weighted by Gasteiger charge is 2.16. The van der Waals surface area contributed by atoms with Crippen LogP contribution in [0, 0.1) is 13.8 Å². The van der Waals surface area contributed by atoms with Gasteiger partial charge in [0.2, 0.25) is 5.91 Å². The molecule has 5 heteroatoms. The largest absolute Gasteiger partial charge is 0.481 e. The van der Waals surface area contributed by atoms with Gasteiger partial charge >= 0.3 is 0 Å². The van der Waals surface area contributed by atoms with E-state index in [0.29, 0.717) is 17.1 Å². The van der Waals surface area contributed by atoms with Gasteiger partial charge in [-0.3, -0.25) is 9.59 Å². The second kappa shape index (κ2) is 7.64. The summed E-state index contributed by atoms with van der Waals surface area (Å²) in [7, 11) is 0. The van der Waals surface area contributed by atoms with Gasteiger partial charge in [0, 0.05) is 18.3 Å². The molecule has 1 unspecified atom stereocenters. The van der Waals surface area contributed by atoms with E-state index in [9.17, 15) is 9.59 Å². The van der Waals surface area contributed by atoms with Crippen molar-refractivity contribution < 1.29 is 14.3 Å². The van der Waals surface area contributed by atoms with Crippen LogP contribution < -0.4 is 15.4 Å². The van der Waals surface area contributed by atoms with Crippen LogP contribution in [-0.4, -0.2) is 17.9 Å². The monoisotopic (exact) mass is 326 g/mol. The van der Waals surface area contributed by atoms with Crippen molar-refractivity contribution in [3.8, 4) is 5.75 Å². The van der Waals surface area contributed by atoms with E-state index in [1.165, 1.54) is 6.92 Å². The van der Waals surface area contributed by atoms with Gasteiger partial charge in [0.25, 0.3) is 5.91 Å². The minimum absolute atomic E-state index is 0.155. The summed E-state index contributed by atoms with van der Waals surface area (Å²) in [5.41, 5.74) is 3.24. The highest BCUT2D eigenvalue weighted by molar-refractivity contribution is 5.97. The van der Waals surface area contributed by atoms with Crippen LogP contribution in [0.1, 0.15) is 25.0 Å². The van der Waals surface area contributed by atoms with E-state index in [1.54, 1.807) is 25.1 Å². The summed E-state index contributed by atoms with van der Waals surface area (Å²) in [5.74, 6) is 0.239. The molecule has 0 spiro atoms. The number of carbonyl (C=O) groups is 2. The average Bonchev–Trinajstić information content (AvgIpc) is 2.53. The number of amides is 2. The fraction of sp³-hybridized carbons (Fsp3) is 0.263. The lowest BCUT2D eigenvalue weighted by Gasteiger charge is -2.17. The van der Waals surface area contributed by atoms with E-state index < -0.39 is 6.10 Å². The lowest BCUT2D eigenvalue weighted by atomic mass is 10.1. The third kappa shape index (κ3) is 4.59. The number of hydrogen-bond donors (Lipinski definition) is 2. The molecule has 0 aliphatic heterocycles. The molecule has 0 saturated carbocycles. The predicted octanol–water partition coefficient (Wildman–Crippen LogP) is 3.67. The van der Waals surface area contributed by atoms with Gasteiger partial charge in [-0.05, 0) is 50.6 Å². The summed E-state index contributed by atoms with van der Waals surface area (Å²) < 4.78 is 5.66. The van der Waals surface area contributed by atoms with Gasteiger partial charge in [-0.15, -0.1) is 0 Å². The van der Waals surface area contributed by atoms with Gasteiger partial charge in [-0.2, -0.15) is 0 Å². The van der Waals surface area contributed by atoms with Crippen LogP contribution in [-0.2, 0) is 9.59 Å². The Morgan fingerprint density at radius 2 is 1.54 bits per heavy atom. The number of nitrogens with one attached hydrogen (secondary N) is 2. The number of aryl methyl sites for hydroxylation is 1. The molecule has 5 nitrogen and oxygen atoms in total. The highest BCUT2D eigenvalue weighted by atomic mass is 16.5. The third-order valence-corrected chi connectivity index (χ3v) is 3.61. The van der Waals surface area contributed by atoms with Crippen LogP contribution in [0.5, 0.6) is 5.75 Å². The van der Waals surface area contributed by atoms with Crippen molar-refractivity contribution in [2.45, 2.75) is 33.8 Å². The molecule has 1 atom stereocenters. The van der Waals surface area contributed by atoms with Crippen LogP contribution in [0.25, 0.3) is 0 Å². The number of hydrogen-bond acceptors (Lipinski definition) is 3. The molecule has 2 aromatic rings. The fourth-order valence-corrected chi connectivity index (χ4v) is 2.20. The molecule has 0 saturated heterocycles. The zero-order valence-corrected chi connectivity index (χ0v) is 14.3. The minimum atomic E-state index is -0.642. The lowest BCUT2D eigenvalue weighted by Crippen LogP contribution is -2.30. The van der Waals surface area contributed by atoms with Gasteiger partial charge in [-0.25, -0.2) is 0 Å². The van der Waals surface area contributed by atoms with Crippen LogP contribution >= 0.6 is 0 Å². The molecule has 0 aliphatic carbocycles. The summed E-state index contributed by atoms with van der Waals surface area (Å²) in [6.07, 6.45) is -0.642. The molecule has 24 heavy (non-hydrogen) atoms. The SMILES string of the molecule is CC(=O)Nc1cccc(NC(=O)C(C)Oc2ccc(C)cc2)c1C. The van der Waals surface area contributed by atoms with E-state index >= 15 is 0 Å². The van der Waals surface area contributed by atoms with Gasteiger partial charge in [-0.1, -0.05) is 23.8 Å². The maximum atomic E-state index is 12.3. The number of ether oxygens (including phenoxy) is 1. The molecule has 126 valence electrons. The summed E-state index contributed by atoms with van der Waals surface area (Å²) in [6.45, 7) is 6.97. The van der Waals surface area contributed by atoms with Crippen molar-refractivity contribution in [3.63, 3.8) is 0 Å². The highest BCUT2D eigenvalue weighted by Crippen LogP contribution is 2.24. The summed E-state index contributed by atoms with van der Waals surface area (Å²) in [5, 5.41) is 5.58. The van der Waals surface area contributed by atoms with Crippen molar-refractivity contribution in [3.05, 3.63) is 53.6 Å². The first-order valence-electron chi connectivity index (χ1n) is 7.78. The van der Waals surface area contributed by atoms with Gasteiger partial charge in [0.05, 0.1) is 0 Å². The van der Waals surface area contributed by atoms with Crippen LogP contribution in [0.15, 0.2) is 42.5 Å². The lowest BCUT2D eigenvalue weighted by molar-refractivity contribution is -0.122. The molecular weight excluding hydrogens is 304 g/mol. The van der Waals surface area contributed by atoms with Crippen molar-refractivity contribution in [2.24, 2.45) is 0 Å². The Hall–Kier alpha value is -2.82. The minimum Gasteiger partial charge on any atom is -0.481 e. The molecule has 0 radical (unpaired) electrons. The standard InChI is InChI=1S/C19H22N2O3/c1-12-8-10-16(11-9-12)24-14(3)19(23)21-18-7-5-6-17(13(18)2)20-15(4)22/h5-11,14H,1-4H3,(H,20,22)(H,21,23). The molecule has 0 fully saturated rings. The topological polar surface area (TPSA) is 67.4 Å². The predicted molar refractivity (Wildman–Crippen MR) is 95.4 cm³/mol. The fourth-order valence-electron chi connectivity index (χ4n) is 2.20. The molecule has 2 N–H and O–H groups in total. The third-order valence-electron chi connectivity index (χ3n) is 3.61. The van der Waals surface area contributed by atoms with E-state index in [2.05, 4.69) is 10.6 Å². The van der Waals surface area contributed by atoms with Crippen molar-refractivity contribution in [1.82, 2.24) is 0 Å². The van der Waals surface area contributed by atoms with E-state index in [-0.39, 0.29) is 11.8 Å². The van der Waals surface area contributed by atoms with Crippen LogP contribution in [0.4, 0.5) is 11.4 Å². The summed E-state index contributed by atoms with van der Waals surface area (Å²) >= 11 is 0. The van der Waals surface area contributed by atoms with Crippen LogP contribution in [0.2, 0.25) is 0 Å². The summed E-state index contributed by atoms with van der Waals surface area (Å²) in [4.78, 5) is 23.6. The Bertz CT molecular complexity index is 739. The Balaban J connectivity index is 2.05. The first-order valence-corrected chi connectivity index (χ1v) is 7.78.